The smallest absolute Gasteiger partial charge is 0.429 e. The number of hydroxylamine groups is 2. The zero-order valence-corrected chi connectivity index (χ0v) is 20.3. The van der Waals surface area contributed by atoms with Crippen molar-refractivity contribution < 1.29 is 23.2 Å². The molecule has 0 radical (unpaired) electrons. The van der Waals surface area contributed by atoms with E-state index < -0.39 is 18.0 Å². The van der Waals surface area contributed by atoms with E-state index in [2.05, 4.69) is 4.98 Å². The summed E-state index contributed by atoms with van der Waals surface area (Å²) in [5, 5.41) is 2.20. The average molecular weight is 509 g/mol. The molecule has 180 valence electrons. The van der Waals surface area contributed by atoms with Gasteiger partial charge in [0.1, 0.15) is 11.9 Å². The van der Waals surface area contributed by atoms with Crippen molar-refractivity contribution in [3.8, 4) is 5.75 Å². The fourth-order valence-electron chi connectivity index (χ4n) is 3.79. The maximum Gasteiger partial charge on any atom is 0.429 e. The third-order valence-corrected chi connectivity index (χ3v) is 6.17. The summed E-state index contributed by atoms with van der Waals surface area (Å²) in [5.74, 6) is -0.284. The SMILES string of the molecule is C[C@@H](Oc1c(N)ncc2c(C3=CCN(C(=O)ON(C)C)CC3)coc12)c1c(Cl)ccc(F)c1Cl. The molecule has 3 heterocycles. The molecule has 0 saturated heterocycles. The largest absolute Gasteiger partial charge is 0.478 e. The van der Waals surface area contributed by atoms with E-state index in [1.165, 1.54) is 17.2 Å². The van der Waals surface area contributed by atoms with Crippen molar-refractivity contribution in [2.75, 3.05) is 32.9 Å². The third-order valence-electron chi connectivity index (χ3n) is 5.46. The van der Waals surface area contributed by atoms with Crippen LogP contribution in [0.3, 0.4) is 0 Å². The standard InChI is InChI=1S/C23H23Cl2FN4O4/c1-12(18-16(24)4-5-17(26)19(18)25)33-21-20-14(10-28-22(21)27)15(11-32-20)13-6-8-30(9-7-13)23(31)34-29(2)3/h4-6,10-12H,7-9H2,1-3H3,(H2,27,28)/t12-/m1/s1. The van der Waals surface area contributed by atoms with Crippen LogP contribution in [0.1, 0.15) is 30.6 Å². The molecule has 1 aliphatic heterocycles. The number of benzene rings is 1. The number of fused-ring (bicyclic) bond motifs is 1. The summed E-state index contributed by atoms with van der Waals surface area (Å²) < 4.78 is 25.9. The third kappa shape index (κ3) is 4.64. The highest BCUT2D eigenvalue weighted by Gasteiger charge is 2.25. The van der Waals surface area contributed by atoms with Gasteiger partial charge in [0.2, 0.25) is 5.75 Å². The fourth-order valence-corrected chi connectivity index (χ4v) is 4.47. The van der Waals surface area contributed by atoms with Gasteiger partial charge >= 0.3 is 6.09 Å². The number of carbonyl (C=O) groups is 1. The number of carbonyl (C=O) groups excluding carboxylic acids is 1. The van der Waals surface area contributed by atoms with Gasteiger partial charge < -0.3 is 24.6 Å². The number of furan rings is 1. The lowest BCUT2D eigenvalue weighted by molar-refractivity contribution is -0.0704. The molecule has 1 aromatic carbocycles. The van der Waals surface area contributed by atoms with Crippen LogP contribution in [-0.4, -0.2) is 48.2 Å². The number of nitrogen functional groups attached to an aromatic ring is 1. The summed E-state index contributed by atoms with van der Waals surface area (Å²) in [6, 6.07) is 2.61. The van der Waals surface area contributed by atoms with Gasteiger partial charge in [-0.05, 0) is 31.1 Å². The van der Waals surface area contributed by atoms with Crippen LogP contribution in [0.5, 0.6) is 5.75 Å². The minimum Gasteiger partial charge on any atom is -0.478 e. The molecule has 0 fully saturated rings. The van der Waals surface area contributed by atoms with Crippen LogP contribution in [-0.2, 0) is 4.84 Å². The zero-order valence-electron chi connectivity index (χ0n) is 18.8. The number of nitrogens with zero attached hydrogens (tertiary/aromatic N) is 3. The number of hydrogen-bond donors (Lipinski definition) is 1. The van der Waals surface area contributed by atoms with Crippen molar-refractivity contribution in [3.63, 3.8) is 0 Å². The van der Waals surface area contributed by atoms with E-state index in [1.807, 2.05) is 6.08 Å². The molecule has 2 aromatic heterocycles. The predicted molar refractivity (Wildman–Crippen MR) is 128 cm³/mol. The Bertz CT molecular complexity index is 1280. The van der Waals surface area contributed by atoms with Gasteiger partial charge in [-0.1, -0.05) is 29.3 Å². The molecular weight excluding hydrogens is 486 g/mol. The van der Waals surface area contributed by atoms with E-state index >= 15 is 0 Å². The van der Waals surface area contributed by atoms with Crippen LogP contribution in [0.15, 0.2) is 35.1 Å². The van der Waals surface area contributed by atoms with E-state index in [-0.39, 0.29) is 21.6 Å². The average Bonchev–Trinajstić information content (AvgIpc) is 3.22. The Morgan fingerprint density at radius 2 is 2.12 bits per heavy atom. The Hall–Kier alpha value is -3.01. The summed E-state index contributed by atoms with van der Waals surface area (Å²) in [4.78, 5) is 23.1. The Morgan fingerprint density at radius 1 is 1.35 bits per heavy atom. The second-order valence-corrected chi connectivity index (χ2v) is 8.76. The van der Waals surface area contributed by atoms with Crippen molar-refractivity contribution in [1.29, 1.82) is 0 Å². The highest BCUT2D eigenvalue weighted by molar-refractivity contribution is 6.36. The Kier molecular flexibility index (Phi) is 6.88. The first-order valence-electron chi connectivity index (χ1n) is 10.5. The molecule has 3 aromatic rings. The Morgan fingerprint density at radius 3 is 2.79 bits per heavy atom. The van der Waals surface area contributed by atoms with Crippen LogP contribution in [0.2, 0.25) is 10.0 Å². The lowest BCUT2D eigenvalue weighted by Crippen LogP contribution is -2.37. The molecule has 8 nitrogen and oxygen atoms in total. The first kappa shape index (κ1) is 24.1. The van der Waals surface area contributed by atoms with Crippen molar-refractivity contribution in [2.45, 2.75) is 19.4 Å². The summed E-state index contributed by atoms with van der Waals surface area (Å²) in [7, 11) is 3.30. The van der Waals surface area contributed by atoms with E-state index in [9.17, 15) is 9.18 Å². The second-order valence-electron chi connectivity index (χ2n) is 7.98. The maximum absolute atomic E-state index is 14.0. The molecule has 0 spiro atoms. The lowest BCUT2D eigenvalue weighted by Gasteiger charge is -2.26. The summed E-state index contributed by atoms with van der Waals surface area (Å²) in [6.45, 7) is 2.57. The van der Waals surface area contributed by atoms with Crippen molar-refractivity contribution in [2.24, 2.45) is 0 Å². The molecule has 34 heavy (non-hydrogen) atoms. The van der Waals surface area contributed by atoms with E-state index in [0.717, 1.165) is 11.1 Å². The van der Waals surface area contributed by atoms with Crippen molar-refractivity contribution in [3.05, 3.63) is 57.7 Å². The quantitative estimate of drug-likeness (QED) is 0.349. The number of anilines is 1. The summed E-state index contributed by atoms with van der Waals surface area (Å²) in [5.41, 5.74) is 8.60. The van der Waals surface area contributed by atoms with E-state index in [4.69, 9.17) is 42.9 Å². The fraction of sp³-hybridized carbons (Fsp3) is 0.304. The number of ether oxygens (including phenoxy) is 1. The molecule has 1 atom stereocenters. The van der Waals surface area contributed by atoms with E-state index in [1.54, 1.807) is 38.4 Å². The van der Waals surface area contributed by atoms with E-state index in [0.29, 0.717) is 36.0 Å². The summed E-state index contributed by atoms with van der Waals surface area (Å²) >= 11 is 12.4. The Balaban J connectivity index is 1.62. The van der Waals surface area contributed by atoms with Gasteiger partial charge in [-0.25, -0.2) is 14.2 Å². The van der Waals surface area contributed by atoms with Crippen molar-refractivity contribution >= 4 is 51.7 Å². The number of nitrogens with two attached hydrogens (primary N) is 1. The minimum atomic E-state index is -0.732. The van der Waals surface area contributed by atoms with Gasteiger partial charge in [-0.15, -0.1) is 5.06 Å². The number of rotatable bonds is 5. The topological polar surface area (TPSA) is 94.1 Å². The van der Waals surface area contributed by atoms with Crippen LogP contribution in [0, 0.1) is 5.82 Å². The predicted octanol–water partition coefficient (Wildman–Crippen LogP) is 5.70. The minimum absolute atomic E-state index is 0.110. The van der Waals surface area contributed by atoms with Gasteiger partial charge in [-0.3, -0.25) is 0 Å². The number of hydrogen-bond acceptors (Lipinski definition) is 7. The highest BCUT2D eigenvalue weighted by Crippen LogP contribution is 2.41. The first-order valence-corrected chi connectivity index (χ1v) is 11.2. The number of aromatic nitrogens is 1. The molecule has 1 amide bonds. The molecule has 11 heteroatoms. The molecule has 4 rings (SSSR count). The van der Waals surface area contributed by atoms with Gasteiger partial charge in [0.25, 0.3) is 0 Å². The normalized spacial score (nSPS) is 14.9. The lowest BCUT2D eigenvalue weighted by atomic mass is 9.99. The van der Waals surface area contributed by atoms with Crippen LogP contribution in [0.25, 0.3) is 16.5 Å². The van der Waals surface area contributed by atoms with Crippen LogP contribution < -0.4 is 10.5 Å². The van der Waals surface area contributed by atoms with Gasteiger partial charge in [-0.2, -0.15) is 0 Å². The first-order chi connectivity index (χ1) is 16.2. The summed E-state index contributed by atoms with van der Waals surface area (Å²) in [6.07, 6.45) is 4.61. The van der Waals surface area contributed by atoms with Gasteiger partial charge in [0, 0.05) is 49.5 Å². The molecule has 0 aliphatic carbocycles. The van der Waals surface area contributed by atoms with Gasteiger partial charge in [0.05, 0.1) is 16.7 Å². The molecule has 0 unspecified atom stereocenters. The highest BCUT2D eigenvalue weighted by atomic mass is 35.5. The molecule has 2 N–H and O–H groups in total. The number of pyridine rings is 1. The maximum atomic E-state index is 14.0. The molecule has 0 saturated carbocycles. The molecule has 1 aliphatic rings. The van der Waals surface area contributed by atoms with Crippen LogP contribution >= 0.6 is 23.2 Å². The Labute approximate surface area is 205 Å². The molecular formula is C23H23Cl2FN4O4. The van der Waals surface area contributed by atoms with Crippen molar-refractivity contribution in [1.82, 2.24) is 14.9 Å². The number of halogens is 3. The monoisotopic (exact) mass is 508 g/mol. The van der Waals surface area contributed by atoms with Crippen LogP contribution in [0.4, 0.5) is 15.0 Å². The zero-order chi connectivity index (χ0) is 24.6. The number of amides is 1. The molecule has 0 bridgehead atoms. The van der Waals surface area contributed by atoms with Gasteiger partial charge in [0.15, 0.2) is 11.4 Å². The second kappa shape index (κ2) is 9.69.